The smallest absolute Gasteiger partial charge is 0.338 e. The highest BCUT2D eigenvalue weighted by molar-refractivity contribution is 7.14. The fourth-order valence-electron chi connectivity index (χ4n) is 3.72. The van der Waals surface area contributed by atoms with Crippen molar-refractivity contribution in [3.63, 3.8) is 0 Å². The summed E-state index contributed by atoms with van der Waals surface area (Å²) >= 11 is 1.16. The number of nitrogens with zero attached hydrogens (tertiary/aromatic N) is 4. The number of rotatable bonds is 8. The molecule has 0 fully saturated rings. The summed E-state index contributed by atoms with van der Waals surface area (Å²) in [6.07, 6.45) is 2.56. The highest BCUT2D eigenvalue weighted by Crippen LogP contribution is 2.28. The van der Waals surface area contributed by atoms with E-state index in [1.165, 1.54) is 12.1 Å². The van der Waals surface area contributed by atoms with Gasteiger partial charge in [0.15, 0.2) is 11.2 Å². The number of non-ortho nitro benzene ring substituents is 1. The number of anilines is 1. The highest BCUT2D eigenvalue weighted by atomic mass is 32.1. The second kappa shape index (κ2) is 10.6. The molecule has 0 aliphatic heterocycles. The number of hydrogen-bond donors (Lipinski definition) is 2. The van der Waals surface area contributed by atoms with Crippen LogP contribution >= 0.6 is 11.3 Å². The van der Waals surface area contributed by atoms with E-state index in [1.807, 2.05) is 12.1 Å². The van der Waals surface area contributed by atoms with Crippen LogP contribution in [0.4, 0.5) is 10.8 Å². The van der Waals surface area contributed by atoms with Gasteiger partial charge in [0.25, 0.3) is 11.6 Å². The van der Waals surface area contributed by atoms with Crippen LogP contribution in [0.5, 0.6) is 0 Å². The van der Waals surface area contributed by atoms with Gasteiger partial charge >= 0.3 is 5.97 Å². The van der Waals surface area contributed by atoms with Gasteiger partial charge in [0.1, 0.15) is 5.82 Å². The van der Waals surface area contributed by atoms with Crippen LogP contribution in [0.2, 0.25) is 0 Å². The second-order valence-electron chi connectivity index (χ2n) is 8.20. The quantitative estimate of drug-likeness (QED) is 0.158. The molecule has 2 N–H and O–H groups in total. The lowest BCUT2D eigenvalue weighted by Crippen LogP contribution is -2.32. The number of ether oxygens (including phenoxy) is 1. The van der Waals surface area contributed by atoms with E-state index in [9.17, 15) is 19.7 Å². The van der Waals surface area contributed by atoms with Gasteiger partial charge in [-0.3, -0.25) is 25.2 Å². The number of aromatic nitrogens is 4. The molecule has 0 spiro atoms. The average molecular weight is 529 g/mol. The summed E-state index contributed by atoms with van der Waals surface area (Å²) in [6.45, 7) is 1.73. The van der Waals surface area contributed by atoms with E-state index in [2.05, 4.69) is 25.3 Å². The van der Waals surface area contributed by atoms with Crippen LogP contribution in [-0.4, -0.2) is 42.8 Å². The Labute approximate surface area is 219 Å². The predicted octanol–water partition coefficient (Wildman–Crippen LogP) is 5.23. The number of fused-ring (bicyclic) bond motifs is 1. The van der Waals surface area contributed by atoms with E-state index < -0.39 is 22.9 Å². The second-order valence-corrected chi connectivity index (χ2v) is 9.05. The largest absolute Gasteiger partial charge is 0.449 e. The lowest BCUT2D eigenvalue weighted by atomic mass is 10.1. The molecule has 1 amide bonds. The zero-order chi connectivity index (χ0) is 26.6. The molecule has 3 aromatic heterocycles. The fraction of sp³-hybridized carbons (Fsp3) is 0.115. The molecule has 3 heterocycles. The number of nitrogens with one attached hydrogen (secondary N) is 2. The standard InChI is InChI=1S/C26H20N6O5S/c1-2-22(24(33)31-26-30-21(14-38-26)15-5-3-7-18(11-15)32(35)36)37-25(34)16-8-9-19-20(12-16)29-23(28-19)17-6-4-10-27-13-17/h3-14,22H,2H2,1H3,(H,28,29)(H,30,31,33). The van der Waals surface area contributed by atoms with Gasteiger partial charge in [0, 0.05) is 41.0 Å². The minimum atomic E-state index is -1.05. The number of pyridine rings is 1. The molecule has 190 valence electrons. The molecule has 0 saturated carbocycles. The van der Waals surface area contributed by atoms with E-state index in [4.69, 9.17) is 4.74 Å². The van der Waals surface area contributed by atoms with Crippen molar-refractivity contribution in [1.29, 1.82) is 0 Å². The molecule has 1 atom stereocenters. The Balaban J connectivity index is 1.26. The van der Waals surface area contributed by atoms with Gasteiger partial charge in [-0.15, -0.1) is 11.3 Å². The van der Waals surface area contributed by atoms with Crippen molar-refractivity contribution in [2.75, 3.05) is 5.32 Å². The Morgan fingerprint density at radius 3 is 2.74 bits per heavy atom. The highest BCUT2D eigenvalue weighted by Gasteiger charge is 2.24. The SMILES string of the molecule is CCC(OC(=O)c1ccc2nc(-c3cccnc3)[nH]c2c1)C(=O)Nc1nc(-c2cccc([N+](=O)[O-])c2)cs1. The van der Waals surface area contributed by atoms with E-state index >= 15 is 0 Å². The van der Waals surface area contributed by atoms with Crippen LogP contribution in [0.3, 0.4) is 0 Å². The van der Waals surface area contributed by atoms with Crippen LogP contribution < -0.4 is 5.32 Å². The van der Waals surface area contributed by atoms with Gasteiger partial charge < -0.3 is 9.72 Å². The number of H-pyrrole nitrogens is 1. The average Bonchev–Trinajstić information content (AvgIpc) is 3.59. The first kappa shape index (κ1) is 24.7. The maximum absolute atomic E-state index is 12.9. The van der Waals surface area contributed by atoms with E-state index in [-0.39, 0.29) is 22.8 Å². The van der Waals surface area contributed by atoms with Gasteiger partial charge in [-0.25, -0.2) is 14.8 Å². The molecule has 5 aromatic rings. The van der Waals surface area contributed by atoms with Gasteiger partial charge in [-0.05, 0) is 36.8 Å². The summed E-state index contributed by atoms with van der Waals surface area (Å²) in [4.78, 5) is 52.4. The third-order valence-electron chi connectivity index (χ3n) is 5.65. The minimum absolute atomic E-state index is 0.0549. The van der Waals surface area contributed by atoms with E-state index in [0.29, 0.717) is 28.1 Å². The summed E-state index contributed by atoms with van der Waals surface area (Å²) in [7, 11) is 0. The summed E-state index contributed by atoms with van der Waals surface area (Å²) in [5.74, 6) is -0.553. The molecular weight excluding hydrogens is 508 g/mol. The summed E-state index contributed by atoms with van der Waals surface area (Å²) in [5.41, 5.74) is 3.38. The summed E-state index contributed by atoms with van der Waals surface area (Å²) in [6, 6.07) is 14.7. The normalized spacial score (nSPS) is 11.7. The number of esters is 1. The van der Waals surface area contributed by atoms with Crippen molar-refractivity contribution in [3.05, 3.63) is 88.0 Å². The van der Waals surface area contributed by atoms with Crippen molar-refractivity contribution in [1.82, 2.24) is 19.9 Å². The van der Waals surface area contributed by atoms with Gasteiger partial charge in [0.2, 0.25) is 0 Å². The maximum Gasteiger partial charge on any atom is 0.338 e. The van der Waals surface area contributed by atoms with Gasteiger partial charge in [-0.1, -0.05) is 19.1 Å². The van der Waals surface area contributed by atoms with Crippen LogP contribution in [-0.2, 0) is 9.53 Å². The number of carbonyl (C=O) groups excluding carboxylic acids is 2. The number of nitro benzene ring substituents is 1. The molecule has 0 aliphatic carbocycles. The van der Waals surface area contributed by atoms with Crippen LogP contribution in [0.1, 0.15) is 23.7 Å². The van der Waals surface area contributed by atoms with E-state index in [0.717, 1.165) is 16.9 Å². The number of hydrogen-bond acceptors (Lipinski definition) is 9. The van der Waals surface area contributed by atoms with Gasteiger partial charge in [0.05, 0.1) is 27.2 Å². The summed E-state index contributed by atoms with van der Waals surface area (Å²) in [5, 5.41) is 15.7. The lowest BCUT2D eigenvalue weighted by molar-refractivity contribution is -0.384. The number of thiazole rings is 1. The van der Waals surface area contributed by atoms with Crippen molar-refractivity contribution in [2.24, 2.45) is 0 Å². The Morgan fingerprint density at radius 1 is 1.13 bits per heavy atom. The third kappa shape index (κ3) is 5.25. The molecule has 0 bridgehead atoms. The van der Waals surface area contributed by atoms with Crippen LogP contribution in [0.25, 0.3) is 33.7 Å². The number of aromatic amines is 1. The van der Waals surface area contributed by atoms with Crippen molar-refractivity contribution in [3.8, 4) is 22.6 Å². The minimum Gasteiger partial charge on any atom is -0.449 e. The zero-order valence-corrected chi connectivity index (χ0v) is 20.8. The first-order chi connectivity index (χ1) is 18.4. The molecule has 0 radical (unpaired) electrons. The number of amides is 1. The molecule has 11 nitrogen and oxygen atoms in total. The Kier molecular flexibility index (Phi) is 6.87. The zero-order valence-electron chi connectivity index (χ0n) is 20.0. The number of benzene rings is 2. The number of imidazole rings is 1. The van der Waals surface area contributed by atoms with Crippen molar-refractivity contribution >= 4 is 45.1 Å². The first-order valence-electron chi connectivity index (χ1n) is 11.5. The Hall–Kier alpha value is -4.97. The molecule has 0 saturated heterocycles. The Morgan fingerprint density at radius 2 is 1.97 bits per heavy atom. The van der Waals surface area contributed by atoms with Crippen molar-refractivity contribution < 1.29 is 19.2 Å². The predicted molar refractivity (Wildman–Crippen MR) is 142 cm³/mol. The van der Waals surface area contributed by atoms with Crippen LogP contribution in [0.15, 0.2) is 72.4 Å². The first-order valence-corrected chi connectivity index (χ1v) is 12.4. The monoisotopic (exact) mass is 528 g/mol. The van der Waals surface area contributed by atoms with E-state index in [1.54, 1.807) is 55.0 Å². The molecular formula is C26H20N6O5S. The summed E-state index contributed by atoms with van der Waals surface area (Å²) < 4.78 is 5.50. The number of carbonyl (C=O) groups is 2. The lowest BCUT2D eigenvalue weighted by Gasteiger charge is -2.15. The fourth-order valence-corrected chi connectivity index (χ4v) is 4.45. The van der Waals surface area contributed by atoms with Gasteiger partial charge in [-0.2, -0.15) is 0 Å². The maximum atomic E-state index is 12.9. The Bertz CT molecular complexity index is 1650. The molecule has 1 unspecified atom stereocenters. The molecule has 38 heavy (non-hydrogen) atoms. The molecule has 5 rings (SSSR count). The van der Waals surface area contributed by atoms with Crippen molar-refractivity contribution in [2.45, 2.75) is 19.4 Å². The third-order valence-corrected chi connectivity index (χ3v) is 6.41. The number of nitro groups is 1. The molecule has 12 heteroatoms. The van der Waals surface area contributed by atoms with Crippen LogP contribution in [0, 0.1) is 10.1 Å². The topological polar surface area (TPSA) is 153 Å². The molecule has 2 aromatic carbocycles. The molecule has 0 aliphatic rings.